The van der Waals surface area contributed by atoms with E-state index in [1.807, 2.05) is 0 Å². The second-order valence-electron chi connectivity index (χ2n) is 6.72. The highest BCUT2D eigenvalue weighted by atomic mass is 15.1. The van der Waals surface area contributed by atoms with E-state index >= 15 is 0 Å². The summed E-state index contributed by atoms with van der Waals surface area (Å²) < 4.78 is 0. The van der Waals surface area contributed by atoms with E-state index in [4.69, 9.17) is 5.73 Å². The molecular weight excluding hydrogens is 232 g/mol. The molecular formula is C17H30N2. The molecule has 2 N–H and O–H groups in total. The lowest BCUT2D eigenvalue weighted by atomic mass is 9.89. The highest BCUT2D eigenvalue weighted by molar-refractivity contribution is 5.36. The molecule has 0 saturated carbocycles. The molecule has 108 valence electrons. The van der Waals surface area contributed by atoms with Gasteiger partial charge in [-0.1, -0.05) is 26.0 Å². The largest absolute Gasteiger partial charge is 0.330 e. The van der Waals surface area contributed by atoms with Crippen molar-refractivity contribution in [1.82, 2.24) is 4.90 Å². The second-order valence-corrected chi connectivity index (χ2v) is 6.72. The van der Waals surface area contributed by atoms with E-state index in [2.05, 4.69) is 58.7 Å². The van der Waals surface area contributed by atoms with E-state index in [1.54, 1.807) is 0 Å². The SMILES string of the molecule is Cc1cc(C)c(CN(C)CCC(C)(C)CN)cc1C. The average molecular weight is 262 g/mol. The van der Waals surface area contributed by atoms with Crippen LogP contribution in [0.1, 0.15) is 42.5 Å². The van der Waals surface area contributed by atoms with Gasteiger partial charge in [0.15, 0.2) is 0 Å². The van der Waals surface area contributed by atoms with E-state index in [1.165, 1.54) is 22.3 Å². The molecule has 0 saturated heterocycles. The fourth-order valence-corrected chi connectivity index (χ4v) is 2.16. The molecule has 0 amide bonds. The van der Waals surface area contributed by atoms with Crippen LogP contribution in [-0.4, -0.2) is 25.0 Å². The summed E-state index contributed by atoms with van der Waals surface area (Å²) >= 11 is 0. The Hall–Kier alpha value is -0.860. The third kappa shape index (κ3) is 4.96. The highest BCUT2D eigenvalue weighted by Gasteiger charge is 2.16. The molecule has 0 aliphatic rings. The van der Waals surface area contributed by atoms with Gasteiger partial charge in [0.25, 0.3) is 0 Å². The minimum absolute atomic E-state index is 0.243. The highest BCUT2D eigenvalue weighted by Crippen LogP contribution is 2.20. The van der Waals surface area contributed by atoms with Gasteiger partial charge in [-0.3, -0.25) is 0 Å². The van der Waals surface area contributed by atoms with Crippen LogP contribution in [0.3, 0.4) is 0 Å². The van der Waals surface area contributed by atoms with Crippen molar-refractivity contribution in [2.45, 2.75) is 47.6 Å². The number of nitrogens with two attached hydrogens (primary N) is 1. The fourth-order valence-electron chi connectivity index (χ4n) is 2.16. The molecule has 0 unspecified atom stereocenters. The van der Waals surface area contributed by atoms with Gasteiger partial charge in [0.05, 0.1) is 0 Å². The minimum atomic E-state index is 0.243. The van der Waals surface area contributed by atoms with E-state index in [0.717, 1.165) is 26.1 Å². The van der Waals surface area contributed by atoms with Crippen molar-refractivity contribution in [3.63, 3.8) is 0 Å². The topological polar surface area (TPSA) is 29.3 Å². The monoisotopic (exact) mass is 262 g/mol. The summed E-state index contributed by atoms with van der Waals surface area (Å²) in [7, 11) is 2.20. The molecule has 0 aliphatic carbocycles. The van der Waals surface area contributed by atoms with Gasteiger partial charge in [-0.2, -0.15) is 0 Å². The summed E-state index contributed by atoms with van der Waals surface area (Å²) in [6.45, 7) is 13.9. The van der Waals surface area contributed by atoms with Crippen LogP contribution in [0.25, 0.3) is 0 Å². The Bertz CT molecular complexity index is 422. The Labute approximate surface area is 119 Å². The normalized spacial score (nSPS) is 12.2. The zero-order valence-corrected chi connectivity index (χ0v) is 13.5. The van der Waals surface area contributed by atoms with Crippen LogP contribution in [0.2, 0.25) is 0 Å². The van der Waals surface area contributed by atoms with Gasteiger partial charge in [-0.25, -0.2) is 0 Å². The lowest BCUT2D eigenvalue weighted by Gasteiger charge is -2.26. The quantitative estimate of drug-likeness (QED) is 0.851. The standard InChI is InChI=1S/C17H30N2/c1-13-9-15(3)16(10-14(13)2)11-19(6)8-7-17(4,5)12-18/h9-10H,7-8,11-12,18H2,1-6H3. The van der Waals surface area contributed by atoms with Crippen LogP contribution in [-0.2, 0) is 6.54 Å². The number of nitrogens with zero attached hydrogens (tertiary/aromatic N) is 1. The van der Waals surface area contributed by atoms with Crippen LogP contribution in [0.15, 0.2) is 12.1 Å². The molecule has 0 atom stereocenters. The molecule has 1 rings (SSSR count). The van der Waals surface area contributed by atoms with Crippen LogP contribution < -0.4 is 5.73 Å². The van der Waals surface area contributed by atoms with Crippen molar-refractivity contribution >= 4 is 0 Å². The van der Waals surface area contributed by atoms with Gasteiger partial charge in [-0.05, 0) is 75.0 Å². The third-order valence-electron chi connectivity index (χ3n) is 4.12. The summed E-state index contributed by atoms with van der Waals surface area (Å²) in [6.07, 6.45) is 1.14. The number of hydrogen-bond donors (Lipinski definition) is 1. The van der Waals surface area contributed by atoms with Crippen molar-refractivity contribution in [3.05, 3.63) is 34.4 Å². The van der Waals surface area contributed by atoms with Crippen LogP contribution >= 0.6 is 0 Å². The first kappa shape index (κ1) is 16.2. The molecule has 0 spiro atoms. The second kappa shape index (κ2) is 6.53. The Morgan fingerprint density at radius 3 is 2.21 bits per heavy atom. The third-order valence-corrected chi connectivity index (χ3v) is 4.12. The Kier molecular flexibility index (Phi) is 5.57. The number of hydrogen-bond acceptors (Lipinski definition) is 2. The van der Waals surface area contributed by atoms with E-state index < -0.39 is 0 Å². The smallest absolute Gasteiger partial charge is 0.0233 e. The Balaban J connectivity index is 2.62. The Morgan fingerprint density at radius 2 is 1.63 bits per heavy atom. The van der Waals surface area contributed by atoms with Crippen LogP contribution in [0, 0.1) is 26.2 Å². The van der Waals surface area contributed by atoms with Crippen molar-refractivity contribution in [3.8, 4) is 0 Å². The predicted molar refractivity (Wildman–Crippen MR) is 84.4 cm³/mol. The molecule has 1 aromatic rings. The van der Waals surface area contributed by atoms with Gasteiger partial charge in [0, 0.05) is 6.54 Å². The summed E-state index contributed by atoms with van der Waals surface area (Å²) in [5.41, 5.74) is 11.6. The molecule has 2 heteroatoms. The molecule has 0 aromatic heterocycles. The van der Waals surface area contributed by atoms with Gasteiger partial charge in [-0.15, -0.1) is 0 Å². The summed E-state index contributed by atoms with van der Waals surface area (Å²) in [5, 5.41) is 0. The number of rotatable bonds is 6. The molecule has 19 heavy (non-hydrogen) atoms. The maximum atomic E-state index is 5.79. The van der Waals surface area contributed by atoms with Crippen molar-refractivity contribution in [2.24, 2.45) is 11.1 Å². The lowest BCUT2D eigenvalue weighted by molar-refractivity contribution is 0.248. The van der Waals surface area contributed by atoms with Crippen LogP contribution in [0.4, 0.5) is 0 Å². The maximum Gasteiger partial charge on any atom is 0.0233 e. The van der Waals surface area contributed by atoms with Crippen molar-refractivity contribution in [1.29, 1.82) is 0 Å². The minimum Gasteiger partial charge on any atom is -0.330 e. The number of benzene rings is 1. The Morgan fingerprint density at radius 1 is 1.05 bits per heavy atom. The first-order valence-corrected chi connectivity index (χ1v) is 7.20. The molecule has 0 fully saturated rings. The molecule has 0 radical (unpaired) electrons. The van der Waals surface area contributed by atoms with Gasteiger partial charge >= 0.3 is 0 Å². The zero-order valence-electron chi connectivity index (χ0n) is 13.5. The van der Waals surface area contributed by atoms with Gasteiger partial charge in [0.2, 0.25) is 0 Å². The summed E-state index contributed by atoms with van der Waals surface area (Å²) in [4.78, 5) is 2.40. The molecule has 0 aliphatic heterocycles. The fraction of sp³-hybridized carbons (Fsp3) is 0.647. The van der Waals surface area contributed by atoms with E-state index in [0.29, 0.717) is 0 Å². The molecule has 0 heterocycles. The van der Waals surface area contributed by atoms with E-state index in [-0.39, 0.29) is 5.41 Å². The first-order valence-electron chi connectivity index (χ1n) is 7.20. The summed E-state index contributed by atoms with van der Waals surface area (Å²) in [5.74, 6) is 0. The maximum absolute atomic E-state index is 5.79. The van der Waals surface area contributed by atoms with E-state index in [9.17, 15) is 0 Å². The van der Waals surface area contributed by atoms with Crippen molar-refractivity contribution < 1.29 is 0 Å². The predicted octanol–water partition coefficient (Wildman–Crippen LogP) is 3.42. The molecule has 0 bridgehead atoms. The van der Waals surface area contributed by atoms with Gasteiger partial charge in [0.1, 0.15) is 0 Å². The molecule has 1 aromatic carbocycles. The zero-order chi connectivity index (χ0) is 14.6. The first-order chi connectivity index (χ1) is 8.75. The van der Waals surface area contributed by atoms with Crippen LogP contribution in [0.5, 0.6) is 0 Å². The lowest BCUT2D eigenvalue weighted by Crippen LogP contribution is -2.29. The van der Waals surface area contributed by atoms with Crippen molar-refractivity contribution in [2.75, 3.05) is 20.1 Å². The molecule has 2 nitrogen and oxygen atoms in total. The van der Waals surface area contributed by atoms with Gasteiger partial charge < -0.3 is 10.6 Å². The summed E-state index contributed by atoms with van der Waals surface area (Å²) in [6, 6.07) is 4.62. The number of aryl methyl sites for hydroxylation is 3. The average Bonchev–Trinajstić information content (AvgIpc) is 2.34.